The van der Waals surface area contributed by atoms with E-state index in [1.54, 1.807) is 0 Å². The summed E-state index contributed by atoms with van der Waals surface area (Å²) < 4.78 is 2.23. The summed E-state index contributed by atoms with van der Waals surface area (Å²) in [4.78, 5) is 4.74. The Labute approximate surface area is 123 Å². The number of imidazole rings is 1. The number of nitrogens with two attached hydrogens (primary N) is 1. The summed E-state index contributed by atoms with van der Waals surface area (Å²) in [5.74, 6) is 0.940. The largest absolute Gasteiger partial charge is 0.398 e. The Morgan fingerprint density at radius 3 is 2.75 bits per heavy atom. The van der Waals surface area contributed by atoms with Crippen molar-refractivity contribution in [3.05, 3.63) is 47.5 Å². The van der Waals surface area contributed by atoms with E-state index in [0.29, 0.717) is 10.7 Å². The molecule has 0 bridgehead atoms. The standard InChI is InChI=1S/C16H16ClN3/c1-2-9-20-15-6-4-3-5-14(15)19-16(20)11-7-8-13(18)12(17)10-11/h3-8,10H,2,9,18H2,1H3. The van der Waals surface area contributed by atoms with Crippen LogP contribution in [-0.4, -0.2) is 9.55 Å². The van der Waals surface area contributed by atoms with E-state index in [9.17, 15) is 0 Å². The van der Waals surface area contributed by atoms with Crippen LogP contribution in [0.1, 0.15) is 13.3 Å². The highest BCUT2D eigenvalue weighted by Crippen LogP contribution is 2.29. The summed E-state index contributed by atoms with van der Waals surface area (Å²) in [6.07, 6.45) is 1.05. The second kappa shape index (κ2) is 5.17. The monoisotopic (exact) mass is 285 g/mol. The molecule has 2 aromatic carbocycles. The molecule has 0 unspecified atom stereocenters. The van der Waals surface area contributed by atoms with Gasteiger partial charge in [-0.2, -0.15) is 0 Å². The Hall–Kier alpha value is -2.00. The van der Waals surface area contributed by atoms with E-state index in [2.05, 4.69) is 17.6 Å². The van der Waals surface area contributed by atoms with Crippen molar-refractivity contribution in [3.8, 4) is 11.4 Å². The van der Waals surface area contributed by atoms with Crippen molar-refractivity contribution in [2.24, 2.45) is 0 Å². The predicted octanol–water partition coefficient (Wildman–Crippen LogP) is 4.35. The van der Waals surface area contributed by atoms with Crippen LogP contribution in [0.25, 0.3) is 22.4 Å². The third-order valence-electron chi connectivity index (χ3n) is 3.36. The zero-order valence-corrected chi connectivity index (χ0v) is 12.1. The number of benzene rings is 2. The van der Waals surface area contributed by atoms with Gasteiger partial charge in [0, 0.05) is 12.1 Å². The minimum Gasteiger partial charge on any atom is -0.398 e. The number of rotatable bonds is 3. The van der Waals surface area contributed by atoms with Gasteiger partial charge in [-0.25, -0.2) is 4.98 Å². The number of hydrogen-bond acceptors (Lipinski definition) is 2. The Morgan fingerprint density at radius 1 is 1.20 bits per heavy atom. The number of aryl methyl sites for hydroxylation is 1. The minimum absolute atomic E-state index is 0.567. The molecule has 0 saturated heterocycles. The van der Waals surface area contributed by atoms with Crippen molar-refractivity contribution < 1.29 is 0 Å². The van der Waals surface area contributed by atoms with E-state index in [0.717, 1.165) is 35.4 Å². The summed E-state index contributed by atoms with van der Waals surface area (Å²) >= 11 is 6.13. The molecular weight excluding hydrogens is 270 g/mol. The molecule has 3 rings (SSSR count). The van der Waals surface area contributed by atoms with Gasteiger partial charge in [-0.3, -0.25) is 0 Å². The van der Waals surface area contributed by atoms with E-state index in [1.165, 1.54) is 0 Å². The highest BCUT2D eigenvalue weighted by Gasteiger charge is 2.12. The van der Waals surface area contributed by atoms with Crippen molar-refractivity contribution in [1.29, 1.82) is 0 Å². The molecule has 0 aliphatic rings. The zero-order valence-electron chi connectivity index (χ0n) is 11.3. The smallest absolute Gasteiger partial charge is 0.141 e. The van der Waals surface area contributed by atoms with Crippen molar-refractivity contribution >= 4 is 28.3 Å². The van der Waals surface area contributed by atoms with Crippen LogP contribution in [0.15, 0.2) is 42.5 Å². The van der Waals surface area contributed by atoms with Gasteiger partial charge in [0.05, 0.1) is 21.7 Å². The van der Waals surface area contributed by atoms with E-state index >= 15 is 0 Å². The summed E-state index contributed by atoms with van der Waals surface area (Å²) in [6.45, 7) is 3.09. The molecule has 0 fully saturated rings. The maximum atomic E-state index is 6.13. The van der Waals surface area contributed by atoms with Gasteiger partial charge in [0.1, 0.15) is 5.82 Å². The van der Waals surface area contributed by atoms with Crippen molar-refractivity contribution in [2.45, 2.75) is 19.9 Å². The maximum absolute atomic E-state index is 6.13. The average molecular weight is 286 g/mol. The fourth-order valence-corrected chi connectivity index (χ4v) is 2.59. The Morgan fingerprint density at radius 2 is 2.00 bits per heavy atom. The Bertz CT molecular complexity index is 762. The van der Waals surface area contributed by atoms with E-state index in [1.807, 2.05) is 36.4 Å². The predicted molar refractivity (Wildman–Crippen MR) is 84.9 cm³/mol. The first-order valence-corrected chi connectivity index (χ1v) is 7.09. The number of nitrogen functional groups attached to an aromatic ring is 1. The Kier molecular flexibility index (Phi) is 3.36. The normalized spacial score (nSPS) is 11.1. The highest BCUT2D eigenvalue weighted by atomic mass is 35.5. The fourth-order valence-electron chi connectivity index (χ4n) is 2.41. The second-order valence-electron chi connectivity index (χ2n) is 4.81. The number of nitrogens with zero attached hydrogens (tertiary/aromatic N) is 2. The molecule has 102 valence electrons. The molecule has 1 heterocycles. The molecule has 3 aromatic rings. The van der Waals surface area contributed by atoms with Gasteiger partial charge in [0.2, 0.25) is 0 Å². The van der Waals surface area contributed by atoms with Crippen molar-refractivity contribution in [2.75, 3.05) is 5.73 Å². The minimum atomic E-state index is 0.567. The van der Waals surface area contributed by atoms with Gasteiger partial charge in [-0.05, 0) is 36.8 Å². The number of anilines is 1. The van der Waals surface area contributed by atoms with Gasteiger partial charge in [-0.15, -0.1) is 0 Å². The maximum Gasteiger partial charge on any atom is 0.141 e. The van der Waals surface area contributed by atoms with Gasteiger partial charge in [0.15, 0.2) is 0 Å². The molecule has 0 aliphatic heterocycles. The van der Waals surface area contributed by atoms with Gasteiger partial charge < -0.3 is 10.3 Å². The summed E-state index contributed by atoms with van der Waals surface area (Å²) in [6, 6.07) is 13.8. The summed E-state index contributed by atoms with van der Waals surface area (Å²) in [7, 11) is 0. The lowest BCUT2D eigenvalue weighted by molar-refractivity contribution is 0.704. The lowest BCUT2D eigenvalue weighted by Gasteiger charge is -2.08. The first-order chi connectivity index (χ1) is 9.70. The molecule has 0 aliphatic carbocycles. The molecule has 0 spiro atoms. The molecular formula is C16H16ClN3. The quantitative estimate of drug-likeness (QED) is 0.727. The fraction of sp³-hybridized carbons (Fsp3) is 0.188. The van der Waals surface area contributed by atoms with Gasteiger partial charge >= 0.3 is 0 Å². The van der Waals surface area contributed by atoms with Crippen molar-refractivity contribution in [3.63, 3.8) is 0 Å². The van der Waals surface area contributed by atoms with E-state index in [4.69, 9.17) is 22.3 Å². The molecule has 2 N–H and O–H groups in total. The van der Waals surface area contributed by atoms with Crippen LogP contribution in [-0.2, 0) is 6.54 Å². The highest BCUT2D eigenvalue weighted by molar-refractivity contribution is 6.33. The van der Waals surface area contributed by atoms with E-state index in [-0.39, 0.29) is 0 Å². The third kappa shape index (κ3) is 2.14. The van der Waals surface area contributed by atoms with Crippen LogP contribution < -0.4 is 5.73 Å². The number of fused-ring (bicyclic) bond motifs is 1. The van der Waals surface area contributed by atoms with Gasteiger partial charge in [-0.1, -0.05) is 30.7 Å². The third-order valence-corrected chi connectivity index (χ3v) is 3.69. The zero-order chi connectivity index (χ0) is 14.1. The first kappa shape index (κ1) is 13.0. The molecule has 0 radical (unpaired) electrons. The average Bonchev–Trinajstić information content (AvgIpc) is 2.82. The molecule has 1 aromatic heterocycles. The SMILES string of the molecule is CCCn1c(-c2ccc(N)c(Cl)c2)nc2ccccc21. The van der Waals surface area contributed by atoms with Crippen LogP contribution in [0.4, 0.5) is 5.69 Å². The number of hydrogen-bond donors (Lipinski definition) is 1. The van der Waals surface area contributed by atoms with Crippen LogP contribution in [0.5, 0.6) is 0 Å². The lowest BCUT2D eigenvalue weighted by atomic mass is 10.2. The topological polar surface area (TPSA) is 43.8 Å². The molecule has 4 heteroatoms. The number of para-hydroxylation sites is 2. The van der Waals surface area contributed by atoms with Crippen LogP contribution in [0.3, 0.4) is 0 Å². The second-order valence-corrected chi connectivity index (χ2v) is 5.22. The van der Waals surface area contributed by atoms with Crippen LogP contribution >= 0.6 is 11.6 Å². The number of aromatic nitrogens is 2. The molecule has 3 nitrogen and oxygen atoms in total. The van der Waals surface area contributed by atoms with Gasteiger partial charge in [0.25, 0.3) is 0 Å². The Balaban J connectivity index is 2.23. The first-order valence-electron chi connectivity index (χ1n) is 6.71. The lowest BCUT2D eigenvalue weighted by Crippen LogP contribution is -2.00. The molecule has 0 saturated carbocycles. The van der Waals surface area contributed by atoms with Crippen molar-refractivity contribution in [1.82, 2.24) is 9.55 Å². The summed E-state index contributed by atoms with van der Waals surface area (Å²) in [5.41, 5.74) is 9.52. The van der Waals surface area contributed by atoms with Crippen LogP contribution in [0, 0.1) is 0 Å². The number of halogens is 1. The van der Waals surface area contributed by atoms with E-state index < -0.39 is 0 Å². The van der Waals surface area contributed by atoms with Crippen LogP contribution in [0.2, 0.25) is 5.02 Å². The summed E-state index contributed by atoms with van der Waals surface area (Å²) in [5, 5.41) is 0.567. The molecule has 0 amide bonds. The molecule has 0 atom stereocenters. The molecule has 20 heavy (non-hydrogen) atoms.